The van der Waals surface area contributed by atoms with E-state index in [0.29, 0.717) is 6.61 Å². The van der Waals surface area contributed by atoms with Gasteiger partial charge in [0.1, 0.15) is 0 Å². The third-order valence-corrected chi connectivity index (χ3v) is 1.93. The van der Waals surface area contributed by atoms with Crippen LogP contribution in [0.25, 0.3) is 0 Å². The first-order chi connectivity index (χ1) is 6.34. The molecule has 5 heteroatoms. The van der Waals surface area contributed by atoms with Gasteiger partial charge in [-0.3, -0.25) is 4.90 Å². The van der Waals surface area contributed by atoms with E-state index in [1.165, 1.54) is 12.0 Å². The number of methoxy groups -OCH3 is 1. The van der Waals surface area contributed by atoms with Crippen molar-refractivity contribution >= 4 is 6.09 Å². The smallest absolute Gasteiger partial charge is 0.408 e. The first kappa shape index (κ1) is 13.2. The molecule has 84 valence electrons. The van der Waals surface area contributed by atoms with Crippen LogP contribution in [0.2, 0.25) is 0 Å². The molecular formula is C9H20N2O3. The van der Waals surface area contributed by atoms with Crippen LogP contribution in [0.1, 0.15) is 20.8 Å². The van der Waals surface area contributed by atoms with E-state index in [1.807, 2.05) is 20.8 Å². The number of carboxylic acid groups (broad SMARTS) is 1. The third-order valence-electron chi connectivity index (χ3n) is 1.93. The lowest BCUT2D eigenvalue weighted by Crippen LogP contribution is -2.55. The monoisotopic (exact) mass is 204 g/mol. The van der Waals surface area contributed by atoms with E-state index < -0.39 is 11.6 Å². The number of hydrogen-bond acceptors (Lipinski definition) is 3. The Hall–Kier alpha value is -0.810. The average Bonchev–Trinajstić information content (AvgIpc) is 2.00. The maximum Gasteiger partial charge on any atom is 0.408 e. The molecule has 1 unspecified atom stereocenters. The van der Waals surface area contributed by atoms with E-state index >= 15 is 0 Å². The van der Waals surface area contributed by atoms with Crippen molar-refractivity contribution in [3.8, 4) is 0 Å². The van der Waals surface area contributed by atoms with E-state index in [2.05, 4.69) is 0 Å². The summed E-state index contributed by atoms with van der Waals surface area (Å²) in [6.45, 7) is 6.08. The van der Waals surface area contributed by atoms with E-state index in [0.717, 1.165) is 0 Å². The van der Waals surface area contributed by atoms with Gasteiger partial charge in [0.15, 0.2) is 0 Å². The van der Waals surface area contributed by atoms with Crippen LogP contribution in [-0.2, 0) is 4.74 Å². The Morgan fingerprint density at radius 1 is 1.57 bits per heavy atom. The molecule has 1 atom stereocenters. The summed E-state index contributed by atoms with van der Waals surface area (Å²) in [5.41, 5.74) is 5.05. The molecule has 0 fully saturated rings. The largest absolute Gasteiger partial charge is 0.465 e. The normalized spacial score (nSPS) is 13.8. The van der Waals surface area contributed by atoms with Gasteiger partial charge in [-0.25, -0.2) is 4.79 Å². The summed E-state index contributed by atoms with van der Waals surface area (Å²) in [6, 6.07) is -0.294. The molecule has 1 amide bonds. The first-order valence-corrected chi connectivity index (χ1v) is 4.55. The van der Waals surface area contributed by atoms with Gasteiger partial charge in [0.2, 0.25) is 0 Å². The highest BCUT2D eigenvalue weighted by Crippen LogP contribution is 2.17. The zero-order valence-electron chi connectivity index (χ0n) is 9.28. The molecule has 0 spiro atoms. The second kappa shape index (κ2) is 5.17. The van der Waals surface area contributed by atoms with Crippen molar-refractivity contribution < 1.29 is 14.6 Å². The Morgan fingerprint density at radius 3 is 2.29 bits per heavy atom. The second-order valence-electron chi connectivity index (χ2n) is 4.17. The molecule has 0 aromatic heterocycles. The Kier molecular flexibility index (Phi) is 4.87. The van der Waals surface area contributed by atoms with Crippen LogP contribution >= 0.6 is 0 Å². The summed E-state index contributed by atoms with van der Waals surface area (Å²) >= 11 is 0. The maximum absolute atomic E-state index is 11.0. The Bertz CT molecular complexity index is 189. The van der Waals surface area contributed by atoms with E-state index in [-0.39, 0.29) is 12.6 Å². The topological polar surface area (TPSA) is 75.8 Å². The quantitative estimate of drug-likeness (QED) is 0.708. The summed E-state index contributed by atoms with van der Waals surface area (Å²) in [5, 5.41) is 9.05. The van der Waals surface area contributed by atoms with Crippen LogP contribution in [0, 0.1) is 0 Å². The lowest BCUT2D eigenvalue weighted by atomic mass is 10.0. The average molecular weight is 204 g/mol. The summed E-state index contributed by atoms with van der Waals surface area (Å²) in [4.78, 5) is 12.4. The molecule has 0 aromatic rings. The molecular weight excluding hydrogens is 184 g/mol. The highest BCUT2D eigenvalue weighted by atomic mass is 16.5. The molecule has 14 heavy (non-hydrogen) atoms. The van der Waals surface area contributed by atoms with Crippen molar-refractivity contribution in [2.45, 2.75) is 32.4 Å². The summed E-state index contributed by atoms with van der Waals surface area (Å²) < 4.78 is 4.94. The second-order valence-corrected chi connectivity index (χ2v) is 4.17. The van der Waals surface area contributed by atoms with Crippen molar-refractivity contribution in [2.24, 2.45) is 5.73 Å². The van der Waals surface area contributed by atoms with Gasteiger partial charge in [-0.05, 0) is 20.8 Å². The fourth-order valence-corrected chi connectivity index (χ4v) is 1.43. The van der Waals surface area contributed by atoms with Gasteiger partial charge in [-0.2, -0.15) is 0 Å². The fourth-order valence-electron chi connectivity index (χ4n) is 1.43. The lowest BCUT2D eigenvalue weighted by Gasteiger charge is -2.38. The number of nitrogens with two attached hydrogens (primary N) is 1. The molecule has 0 radical (unpaired) electrons. The van der Waals surface area contributed by atoms with Crippen LogP contribution in [-0.4, -0.2) is 47.9 Å². The first-order valence-electron chi connectivity index (χ1n) is 4.55. The molecule has 3 N–H and O–H groups in total. The fraction of sp³-hybridized carbons (Fsp3) is 0.889. The standard InChI is InChI=1S/C9H20N2O3/c1-9(2,3)11(8(12)13)7(5-10)6-14-4/h7H,5-6,10H2,1-4H3,(H,12,13). The maximum atomic E-state index is 11.0. The highest BCUT2D eigenvalue weighted by Gasteiger charge is 2.32. The number of rotatable bonds is 4. The van der Waals surface area contributed by atoms with Gasteiger partial charge in [-0.1, -0.05) is 0 Å². The van der Waals surface area contributed by atoms with Gasteiger partial charge in [0.25, 0.3) is 0 Å². The van der Waals surface area contributed by atoms with Crippen LogP contribution in [0.3, 0.4) is 0 Å². The molecule has 0 bridgehead atoms. The molecule has 0 rings (SSSR count). The predicted molar refractivity (Wildman–Crippen MR) is 54.3 cm³/mol. The van der Waals surface area contributed by atoms with Gasteiger partial charge in [-0.15, -0.1) is 0 Å². The highest BCUT2D eigenvalue weighted by molar-refractivity contribution is 5.66. The minimum Gasteiger partial charge on any atom is -0.465 e. The van der Waals surface area contributed by atoms with E-state index in [1.54, 1.807) is 0 Å². The van der Waals surface area contributed by atoms with Gasteiger partial charge in [0.05, 0.1) is 12.6 Å². The Labute approximate surface area is 84.8 Å². The number of carbonyl (C=O) groups is 1. The zero-order chi connectivity index (χ0) is 11.4. The van der Waals surface area contributed by atoms with Crippen molar-refractivity contribution in [1.29, 1.82) is 0 Å². The van der Waals surface area contributed by atoms with Crippen LogP contribution in [0.15, 0.2) is 0 Å². The SMILES string of the molecule is COCC(CN)N(C(=O)O)C(C)(C)C. The summed E-state index contributed by atoms with van der Waals surface area (Å²) in [7, 11) is 1.53. The number of hydrogen-bond donors (Lipinski definition) is 2. The number of nitrogens with zero attached hydrogens (tertiary/aromatic N) is 1. The number of ether oxygens (including phenoxy) is 1. The van der Waals surface area contributed by atoms with Gasteiger partial charge < -0.3 is 15.6 Å². The molecule has 0 aliphatic carbocycles. The molecule has 0 heterocycles. The molecule has 0 saturated carbocycles. The van der Waals surface area contributed by atoms with Crippen molar-refractivity contribution in [1.82, 2.24) is 4.90 Å². The molecule has 0 aliphatic rings. The van der Waals surface area contributed by atoms with Crippen molar-refractivity contribution in [3.63, 3.8) is 0 Å². The third kappa shape index (κ3) is 3.51. The van der Waals surface area contributed by atoms with Crippen LogP contribution in [0.4, 0.5) is 4.79 Å². The van der Waals surface area contributed by atoms with Gasteiger partial charge >= 0.3 is 6.09 Å². The summed E-state index contributed by atoms with van der Waals surface area (Å²) in [6.07, 6.45) is -0.968. The predicted octanol–water partition coefficient (Wildman–Crippen LogP) is 0.739. The van der Waals surface area contributed by atoms with Crippen molar-refractivity contribution in [3.05, 3.63) is 0 Å². The molecule has 0 aliphatic heterocycles. The summed E-state index contributed by atoms with van der Waals surface area (Å²) in [5.74, 6) is 0. The van der Waals surface area contributed by atoms with E-state index in [9.17, 15) is 4.79 Å². The van der Waals surface area contributed by atoms with Gasteiger partial charge in [0, 0.05) is 19.2 Å². The zero-order valence-corrected chi connectivity index (χ0v) is 9.28. The van der Waals surface area contributed by atoms with Crippen LogP contribution in [0.5, 0.6) is 0 Å². The Balaban J connectivity index is 4.70. The molecule has 5 nitrogen and oxygen atoms in total. The minimum absolute atomic E-state index is 0.261. The molecule has 0 aromatic carbocycles. The van der Waals surface area contributed by atoms with Crippen molar-refractivity contribution in [2.75, 3.05) is 20.3 Å². The van der Waals surface area contributed by atoms with Crippen LogP contribution < -0.4 is 5.73 Å². The molecule has 0 saturated heterocycles. The number of amides is 1. The van der Waals surface area contributed by atoms with E-state index in [4.69, 9.17) is 15.6 Å². The minimum atomic E-state index is -0.968. The lowest BCUT2D eigenvalue weighted by molar-refractivity contribution is 0.0377. The Morgan fingerprint density at radius 2 is 2.07 bits per heavy atom.